The molecule has 0 fully saturated rings. The van der Waals surface area contributed by atoms with Crippen LogP contribution in [0.5, 0.6) is 5.75 Å². The van der Waals surface area contributed by atoms with Gasteiger partial charge in [0.25, 0.3) is 0 Å². The SMILES string of the molecule is CC(CCCNC(C)(C)C)Oc1cccc2ccccc12. The summed E-state index contributed by atoms with van der Waals surface area (Å²) >= 11 is 0. The summed E-state index contributed by atoms with van der Waals surface area (Å²) in [6, 6.07) is 14.6. The van der Waals surface area contributed by atoms with E-state index in [-0.39, 0.29) is 11.6 Å². The predicted molar refractivity (Wildman–Crippen MR) is 91.0 cm³/mol. The first-order chi connectivity index (χ1) is 9.96. The monoisotopic (exact) mass is 285 g/mol. The number of ether oxygens (including phenoxy) is 1. The Kier molecular flexibility index (Phi) is 5.24. The first-order valence-corrected chi connectivity index (χ1v) is 7.85. The maximum atomic E-state index is 6.13. The van der Waals surface area contributed by atoms with Gasteiger partial charge in [-0.3, -0.25) is 0 Å². The third-order valence-corrected chi connectivity index (χ3v) is 3.52. The van der Waals surface area contributed by atoms with Crippen LogP contribution in [0.3, 0.4) is 0 Å². The Labute approximate surface area is 128 Å². The molecule has 2 aromatic carbocycles. The van der Waals surface area contributed by atoms with Crippen molar-refractivity contribution in [2.24, 2.45) is 0 Å². The minimum Gasteiger partial charge on any atom is -0.490 e. The maximum Gasteiger partial charge on any atom is 0.127 e. The Morgan fingerprint density at radius 3 is 2.52 bits per heavy atom. The van der Waals surface area contributed by atoms with Gasteiger partial charge in [-0.25, -0.2) is 0 Å². The fourth-order valence-electron chi connectivity index (χ4n) is 2.43. The van der Waals surface area contributed by atoms with Crippen molar-refractivity contribution in [3.05, 3.63) is 42.5 Å². The molecule has 2 nitrogen and oxygen atoms in total. The van der Waals surface area contributed by atoms with Gasteiger partial charge in [-0.1, -0.05) is 36.4 Å². The Balaban J connectivity index is 1.88. The molecule has 2 aromatic rings. The maximum absolute atomic E-state index is 6.13. The molecular formula is C19H27NO. The standard InChI is InChI=1S/C19H27NO/c1-15(9-8-14-20-19(2,3)4)21-18-13-7-11-16-10-5-6-12-17(16)18/h5-7,10-13,15,20H,8-9,14H2,1-4H3. The van der Waals surface area contributed by atoms with E-state index < -0.39 is 0 Å². The van der Waals surface area contributed by atoms with Crippen LogP contribution in [0.2, 0.25) is 0 Å². The van der Waals surface area contributed by atoms with Gasteiger partial charge in [0, 0.05) is 10.9 Å². The summed E-state index contributed by atoms with van der Waals surface area (Å²) in [6.45, 7) is 9.78. The number of benzene rings is 2. The van der Waals surface area contributed by atoms with Crippen molar-refractivity contribution in [2.45, 2.75) is 52.2 Å². The van der Waals surface area contributed by atoms with E-state index in [0.717, 1.165) is 25.1 Å². The van der Waals surface area contributed by atoms with E-state index in [4.69, 9.17) is 4.74 Å². The van der Waals surface area contributed by atoms with E-state index in [0.29, 0.717) is 0 Å². The number of rotatable bonds is 6. The normalized spacial score (nSPS) is 13.3. The zero-order valence-corrected chi connectivity index (χ0v) is 13.6. The molecular weight excluding hydrogens is 258 g/mol. The highest BCUT2D eigenvalue weighted by Gasteiger charge is 2.10. The lowest BCUT2D eigenvalue weighted by Crippen LogP contribution is -2.36. The first-order valence-electron chi connectivity index (χ1n) is 7.85. The average Bonchev–Trinajstić information content (AvgIpc) is 2.43. The van der Waals surface area contributed by atoms with Crippen LogP contribution in [0.25, 0.3) is 10.8 Å². The largest absolute Gasteiger partial charge is 0.490 e. The van der Waals surface area contributed by atoms with E-state index in [1.54, 1.807) is 0 Å². The van der Waals surface area contributed by atoms with Gasteiger partial charge >= 0.3 is 0 Å². The molecule has 114 valence electrons. The van der Waals surface area contributed by atoms with Crippen molar-refractivity contribution >= 4 is 10.8 Å². The Morgan fingerprint density at radius 1 is 1.05 bits per heavy atom. The number of hydrogen-bond acceptors (Lipinski definition) is 2. The van der Waals surface area contributed by atoms with Gasteiger partial charge in [-0.05, 0) is 58.5 Å². The molecule has 1 unspecified atom stereocenters. The highest BCUT2D eigenvalue weighted by molar-refractivity contribution is 5.88. The van der Waals surface area contributed by atoms with Gasteiger partial charge in [0.2, 0.25) is 0 Å². The molecule has 0 heterocycles. The molecule has 0 aliphatic carbocycles. The molecule has 0 aliphatic rings. The highest BCUT2D eigenvalue weighted by Crippen LogP contribution is 2.26. The first kappa shape index (κ1) is 15.8. The van der Waals surface area contributed by atoms with Gasteiger partial charge in [0.15, 0.2) is 0 Å². The van der Waals surface area contributed by atoms with Crippen LogP contribution < -0.4 is 10.1 Å². The van der Waals surface area contributed by atoms with Crippen molar-refractivity contribution in [1.82, 2.24) is 5.32 Å². The fraction of sp³-hybridized carbons (Fsp3) is 0.474. The van der Waals surface area contributed by atoms with Gasteiger partial charge in [-0.2, -0.15) is 0 Å². The molecule has 21 heavy (non-hydrogen) atoms. The van der Waals surface area contributed by atoms with Crippen molar-refractivity contribution in [3.8, 4) is 5.75 Å². The van der Waals surface area contributed by atoms with Crippen LogP contribution in [0.15, 0.2) is 42.5 Å². The third kappa shape index (κ3) is 5.05. The summed E-state index contributed by atoms with van der Waals surface area (Å²) in [5.41, 5.74) is 0.194. The summed E-state index contributed by atoms with van der Waals surface area (Å²) in [5.74, 6) is 0.990. The Morgan fingerprint density at radius 2 is 1.76 bits per heavy atom. The molecule has 1 atom stereocenters. The molecule has 0 saturated carbocycles. The lowest BCUT2D eigenvalue weighted by atomic mass is 10.1. The highest BCUT2D eigenvalue weighted by atomic mass is 16.5. The summed E-state index contributed by atoms with van der Waals surface area (Å²) in [5, 5.41) is 5.94. The van der Waals surface area contributed by atoms with Crippen LogP contribution in [0.1, 0.15) is 40.5 Å². The molecule has 0 aliphatic heterocycles. The summed E-state index contributed by atoms with van der Waals surface area (Å²) in [4.78, 5) is 0. The lowest BCUT2D eigenvalue weighted by molar-refractivity contribution is 0.208. The molecule has 0 radical (unpaired) electrons. The van der Waals surface area contributed by atoms with Crippen molar-refractivity contribution in [2.75, 3.05) is 6.54 Å². The fourth-order valence-corrected chi connectivity index (χ4v) is 2.43. The third-order valence-electron chi connectivity index (χ3n) is 3.52. The molecule has 0 bridgehead atoms. The molecule has 1 N–H and O–H groups in total. The van der Waals surface area contributed by atoms with Crippen LogP contribution in [0, 0.1) is 0 Å². The molecule has 0 saturated heterocycles. The number of fused-ring (bicyclic) bond motifs is 1. The van der Waals surface area contributed by atoms with Gasteiger partial charge in [-0.15, -0.1) is 0 Å². The van der Waals surface area contributed by atoms with Gasteiger partial charge < -0.3 is 10.1 Å². The van der Waals surface area contributed by atoms with Crippen LogP contribution >= 0.6 is 0 Å². The van der Waals surface area contributed by atoms with Crippen molar-refractivity contribution in [1.29, 1.82) is 0 Å². The zero-order chi connectivity index (χ0) is 15.3. The Hall–Kier alpha value is -1.54. The number of hydrogen-bond donors (Lipinski definition) is 1. The van der Waals surface area contributed by atoms with Gasteiger partial charge in [0.05, 0.1) is 6.10 Å². The summed E-state index contributed by atoms with van der Waals surface area (Å²) < 4.78 is 6.13. The Bertz CT molecular complexity index is 566. The predicted octanol–water partition coefficient (Wildman–Crippen LogP) is 4.78. The van der Waals surface area contributed by atoms with Crippen LogP contribution in [0.4, 0.5) is 0 Å². The second kappa shape index (κ2) is 6.95. The molecule has 2 heteroatoms. The number of nitrogens with one attached hydrogen (secondary N) is 1. The minimum absolute atomic E-state index is 0.194. The zero-order valence-electron chi connectivity index (χ0n) is 13.6. The summed E-state index contributed by atoms with van der Waals surface area (Å²) in [6.07, 6.45) is 2.42. The molecule has 0 spiro atoms. The molecule has 0 aromatic heterocycles. The van der Waals surface area contributed by atoms with E-state index >= 15 is 0 Å². The van der Waals surface area contributed by atoms with E-state index in [2.05, 4.69) is 75.5 Å². The smallest absolute Gasteiger partial charge is 0.127 e. The summed E-state index contributed by atoms with van der Waals surface area (Å²) in [7, 11) is 0. The van der Waals surface area contributed by atoms with E-state index in [9.17, 15) is 0 Å². The minimum atomic E-state index is 0.194. The lowest BCUT2D eigenvalue weighted by Gasteiger charge is -2.21. The van der Waals surface area contributed by atoms with Crippen LogP contribution in [-0.4, -0.2) is 18.2 Å². The van der Waals surface area contributed by atoms with Crippen molar-refractivity contribution in [3.63, 3.8) is 0 Å². The van der Waals surface area contributed by atoms with Gasteiger partial charge in [0.1, 0.15) is 5.75 Å². The second-order valence-electron chi connectivity index (χ2n) is 6.72. The quantitative estimate of drug-likeness (QED) is 0.772. The topological polar surface area (TPSA) is 21.3 Å². The van der Waals surface area contributed by atoms with Crippen LogP contribution in [-0.2, 0) is 0 Å². The van der Waals surface area contributed by atoms with Crippen molar-refractivity contribution < 1.29 is 4.74 Å². The molecule has 0 amide bonds. The second-order valence-corrected chi connectivity index (χ2v) is 6.72. The van der Waals surface area contributed by atoms with E-state index in [1.807, 2.05) is 0 Å². The average molecular weight is 285 g/mol. The molecule has 2 rings (SSSR count). The van der Waals surface area contributed by atoms with E-state index in [1.165, 1.54) is 10.8 Å².